The summed E-state index contributed by atoms with van der Waals surface area (Å²) < 4.78 is 88.4. The number of rotatable bonds is 9. The fourth-order valence-electron chi connectivity index (χ4n) is 11.0. The van der Waals surface area contributed by atoms with E-state index in [4.69, 9.17) is 0 Å². The first kappa shape index (κ1) is 43.6. The molecule has 2 aliphatic carbocycles. The van der Waals surface area contributed by atoms with E-state index >= 15 is 13.2 Å². The molecular formula is C63H42F6. The molecule has 6 heteroatoms. The minimum absolute atomic E-state index is 0.234. The van der Waals surface area contributed by atoms with Crippen LogP contribution < -0.4 is 0 Å². The average molecular weight is 913 g/mol. The van der Waals surface area contributed by atoms with Crippen molar-refractivity contribution in [2.24, 2.45) is 0 Å². The third-order valence-corrected chi connectivity index (χ3v) is 14.0. The molecule has 0 nitrogen and oxygen atoms in total. The Morgan fingerprint density at radius 1 is 0.464 bits per heavy atom. The van der Waals surface area contributed by atoms with E-state index in [1.54, 1.807) is 12.1 Å². The summed E-state index contributed by atoms with van der Waals surface area (Å²) in [5.74, 6) is 0. The Bertz CT molecular complexity index is 3910. The van der Waals surface area contributed by atoms with Crippen LogP contribution in [-0.4, -0.2) is 0 Å². The molecule has 0 aromatic heterocycles. The maximum atomic E-state index is 15.3. The molecule has 0 radical (unpaired) electrons. The van der Waals surface area contributed by atoms with Crippen LogP contribution in [0.2, 0.25) is 0 Å². The highest BCUT2D eigenvalue weighted by Gasteiger charge is 2.41. The molecule has 9 aromatic rings. The van der Waals surface area contributed by atoms with Gasteiger partial charge in [-0.1, -0.05) is 171 Å². The van der Waals surface area contributed by atoms with Crippen LogP contribution in [0.1, 0.15) is 43.0 Å². The Kier molecular flexibility index (Phi) is 9.82. The molecule has 0 heterocycles. The number of halogens is 6. The highest BCUT2D eigenvalue weighted by atomic mass is 19.4. The van der Waals surface area contributed by atoms with Crippen molar-refractivity contribution in [3.8, 4) is 44.5 Å². The number of fused-ring (bicyclic) bond motifs is 6. The van der Waals surface area contributed by atoms with Gasteiger partial charge in [-0.05, 0) is 176 Å². The second kappa shape index (κ2) is 15.5. The van der Waals surface area contributed by atoms with Gasteiger partial charge in [0.2, 0.25) is 0 Å². The molecule has 336 valence electrons. The molecule has 0 saturated carbocycles. The molecule has 0 fully saturated rings. The van der Waals surface area contributed by atoms with E-state index in [-0.39, 0.29) is 17.2 Å². The number of alkyl halides is 6. The van der Waals surface area contributed by atoms with E-state index in [1.807, 2.05) is 86.7 Å². The number of hydrogen-bond donors (Lipinski definition) is 0. The van der Waals surface area contributed by atoms with Gasteiger partial charge in [0.1, 0.15) is 0 Å². The summed E-state index contributed by atoms with van der Waals surface area (Å²) in [5, 5.41) is 9.12. The topological polar surface area (TPSA) is 0 Å². The minimum Gasteiger partial charge on any atom is -0.166 e. The Morgan fingerprint density at radius 3 is 1.49 bits per heavy atom. The van der Waals surface area contributed by atoms with E-state index in [0.717, 1.165) is 128 Å². The Labute approximate surface area is 395 Å². The minimum atomic E-state index is -5.10. The lowest BCUT2D eigenvalue weighted by Gasteiger charge is -2.23. The molecule has 69 heavy (non-hydrogen) atoms. The van der Waals surface area contributed by atoms with Crippen LogP contribution in [0.15, 0.2) is 206 Å². The number of allylic oxidation sites excluding steroid dienone is 12. The molecular weight excluding hydrogens is 871 g/mol. The van der Waals surface area contributed by atoms with Crippen molar-refractivity contribution in [1.82, 2.24) is 0 Å². The van der Waals surface area contributed by atoms with Gasteiger partial charge >= 0.3 is 12.4 Å². The largest absolute Gasteiger partial charge is 0.417 e. The van der Waals surface area contributed by atoms with Crippen LogP contribution in [0.4, 0.5) is 26.3 Å². The Morgan fingerprint density at radius 2 is 0.957 bits per heavy atom. The molecule has 0 aliphatic heterocycles. The molecule has 9 aromatic carbocycles. The fraction of sp³-hybridized carbons (Fsp3) is 0.0794. The van der Waals surface area contributed by atoms with Gasteiger partial charge in [-0.3, -0.25) is 0 Å². The van der Waals surface area contributed by atoms with Gasteiger partial charge in [0.15, 0.2) is 0 Å². The summed E-state index contributed by atoms with van der Waals surface area (Å²) in [5.41, 5.74) is 10.00. The van der Waals surface area contributed by atoms with E-state index in [2.05, 4.69) is 81.8 Å². The Hall–Kier alpha value is -7.96. The molecule has 0 N–H and O–H groups in total. The van der Waals surface area contributed by atoms with Crippen LogP contribution >= 0.6 is 0 Å². The zero-order chi connectivity index (χ0) is 48.4. The quantitative estimate of drug-likeness (QED) is 0.0586. The lowest BCUT2D eigenvalue weighted by Crippen LogP contribution is -2.12. The van der Waals surface area contributed by atoms with Crippen molar-refractivity contribution < 1.29 is 26.3 Å². The van der Waals surface area contributed by atoms with Gasteiger partial charge in [-0.25, -0.2) is 0 Å². The van der Waals surface area contributed by atoms with Crippen LogP contribution in [0.5, 0.6) is 0 Å². The van der Waals surface area contributed by atoms with Gasteiger partial charge in [-0.15, -0.1) is 0 Å². The van der Waals surface area contributed by atoms with E-state index in [0.29, 0.717) is 21.9 Å². The smallest absolute Gasteiger partial charge is 0.166 e. The molecule has 0 saturated heterocycles. The Balaban J connectivity index is 1.24. The molecule has 0 amide bonds. The van der Waals surface area contributed by atoms with Gasteiger partial charge in [0, 0.05) is 0 Å². The summed E-state index contributed by atoms with van der Waals surface area (Å²) in [6.07, 6.45) is -0.187. The highest BCUT2D eigenvalue weighted by molar-refractivity contribution is 6.41. The lowest BCUT2D eigenvalue weighted by atomic mass is 9.81. The van der Waals surface area contributed by atoms with Gasteiger partial charge in [0.25, 0.3) is 0 Å². The van der Waals surface area contributed by atoms with Gasteiger partial charge in [0.05, 0.1) is 11.1 Å². The summed E-state index contributed by atoms with van der Waals surface area (Å²) in [7, 11) is 0. The predicted molar refractivity (Wildman–Crippen MR) is 277 cm³/mol. The van der Waals surface area contributed by atoms with Crippen LogP contribution in [0.3, 0.4) is 0 Å². The number of hydrogen-bond acceptors (Lipinski definition) is 0. The van der Waals surface area contributed by atoms with Gasteiger partial charge < -0.3 is 0 Å². The molecule has 0 bridgehead atoms. The van der Waals surface area contributed by atoms with Crippen LogP contribution in [-0.2, 0) is 12.4 Å². The number of benzene rings is 9. The molecule has 0 spiro atoms. The zero-order valence-corrected chi connectivity index (χ0v) is 38.0. The first-order valence-electron chi connectivity index (χ1n) is 22.6. The van der Waals surface area contributed by atoms with Crippen molar-refractivity contribution in [2.45, 2.75) is 33.1 Å². The standard InChI is InChI=1S/C63H42F6/c1-8-9-15-34(4)36(6)52-47-28-24-42-44-26-30-49-59-50(31-27-45(56(44)59)43-25-29-48(58(47)55(42)43)53(52)37(7)35(5)21-20-33(2)3)61-57(46-23-22-39(62(64,65)66)32-51(46)63(67,68)69)41-19-14-13-18-40(41)54(60(49)61)38-16-11-10-12-17-38/h8-32H,2,5-7H2,1,3-4H3/b9-8-,21-20-,34-15+. The van der Waals surface area contributed by atoms with Crippen LogP contribution in [0, 0.1) is 0 Å². The average Bonchev–Trinajstić information content (AvgIpc) is 3.85. The van der Waals surface area contributed by atoms with Crippen molar-refractivity contribution in [3.63, 3.8) is 0 Å². The zero-order valence-electron chi connectivity index (χ0n) is 38.0. The fourth-order valence-corrected chi connectivity index (χ4v) is 11.0. The van der Waals surface area contributed by atoms with Crippen molar-refractivity contribution >= 4 is 65.0 Å². The first-order valence-corrected chi connectivity index (χ1v) is 22.6. The first-order chi connectivity index (χ1) is 33.0. The normalized spacial score (nSPS) is 13.7. The van der Waals surface area contributed by atoms with Crippen LogP contribution in [0.25, 0.3) is 110 Å². The van der Waals surface area contributed by atoms with Crippen molar-refractivity contribution in [3.05, 3.63) is 228 Å². The molecule has 0 atom stereocenters. The van der Waals surface area contributed by atoms with Crippen molar-refractivity contribution in [2.75, 3.05) is 0 Å². The summed E-state index contributed by atoms with van der Waals surface area (Å²) in [6, 6.07) is 35.9. The molecule has 0 unspecified atom stereocenters. The van der Waals surface area contributed by atoms with E-state index in [1.165, 1.54) is 0 Å². The SMILES string of the molecule is C=C(C)/C=C\C(=C)C(=C)C1=C(C(=C)/C(C)=C/C=C\C)c2ccc3c4ccc5c6c(ccc(c7ccc1c2c37)c64)-c1c-5c(-c2ccccc2)c2ccccc2c1-c1ccc(C(F)(F)F)cc1C(F)(F)F. The van der Waals surface area contributed by atoms with Gasteiger partial charge in [-0.2, -0.15) is 26.3 Å². The third kappa shape index (κ3) is 6.45. The van der Waals surface area contributed by atoms with E-state index < -0.39 is 23.5 Å². The maximum Gasteiger partial charge on any atom is 0.417 e. The lowest BCUT2D eigenvalue weighted by molar-refractivity contribution is -0.142. The molecule has 2 aliphatic rings. The predicted octanol–water partition coefficient (Wildman–Crippen LogP) is 19.5. The highest BCUT2D eigenvalue weighted by Crippen LogP contribution is 2.61. The summed E-state index contributed by atoms with van der Waals surface area (Å²) >= 11 is 0. The second-order valence-corrected chi connectivity index (χ2v) is 18.1. The summed E-state index contributed by atoms with van der Waals surface area (Å²) in [4.78, 5) is 0. The summed E-state index contributed by atoms with van der Waals surface area (Å²) in [6.45, 7) is 23.7. The molecule has 11 rings (SSSR count). The van der Waals surface area contributed by atoms with E-state index in [9.17, 15) is 13.2 Å². The van der Waals surface area contributed by atoms with Crippen molar-refractivity contribution in [1.29, 1.82) is 0 Å². The second-order valence-electron chi connectivity index (χ2n) is 18.1. The maximum absolute atomic E-state index is 15.3. The third-order valence-electron chi connectivity index (χ3n) is 14.0. The monoisotopic (exact) mass is 912 g/mol.